The van der Waals surface area contributed by atoms with Crippen LogP contribution in [-0.4, -0.2) is 37.7 Å². The van der Waals surface area contributed by atoms with Crippen molar-refractivity contribution in [1.82, 2.24) is 4.90 Å². The SMILES string of the molecule is COCCN(CCC(C)(C)C)C(C)C. The van der Waals surface area contributed by atoms with Gasteiger partial charge in [-0.1, -0.05) is 20.8 Å². The summed E-state index contributed by atoms with van der Waals surface area (Å²) in [4.78, 5) is 2.48. The Hall–Kier alpha value is -0.0800. The minimum Gasteiger partial charge on any atom is -0.383 e. The molecule has 14 heavy (non-hydrogen) atoms. The molecule has 0 aliphatic heterocycles. The number of hydrogen-bond donors (Lipinski definition) is 0. The summed E-state index contributed by atoms with van der Waals surface area (Å²) >= 11 is 0. The van der Waals surface area contributed by atoms with Gasteiger partial charge in [-0.3, -0.25) is 4.90 Å². The predicted octanol–water partition coefficient (Wildman–Crippen LogP) is 2.78. The third kappa shape index (κ3) is 7.34. The van der Waals surface area contributed by atoms with Crippen LogP contribution in [0.2, 0.25) is 0 Å². The molecule has 0 saturated heterocycles. The van der Waals surface area contributed by atoms with Crippen LogP contribution in [0.5, 0.6) is 0 Å². The van der Waals surface area contributed by atoms with Gasteiger partial charge in [0.05, 0.1) is 6.61 Å². The van der Waals surface area contributed by atoms with Gasteiger partial charge in [0.2, 0.25) is 0 Å². The van der Waals surface area contributed by atoms with Gasteiger partial charge < -0.3 is 4.74 Å². The summed E-state index contributed by atoms with van der Waals surface area (Å²) in [6.45, 7) is 14.4. The zero-order valence-corrected chi connectivity index (χ0v) is 10.8. The van der Waals surface area contributed by atoms with Crippen LogP contribution in [0.1, 0.15) is 41.0 Å². The fourth-order valence-corrected chi connectivity index (χ4v) is 1.32. The monoisotopic (exact) mass is 201 g/mol. The standard InChI is InChI=1S/C12H27NO/c1-11(2)13(9-10-14-6)8-7-12(3,4)5/h11H,7-10H2,1-6H3. The van der Waals surface area contributed by atoms with Gasteiger partial charge in [-0.15, -0.1) is 0 Å². The minimum atomic E-state index is 0.431. The first-order valence-electron chi connectivity index (χ1n) is 5.60. The summed E-state index contributed by atoms with van der Waals surface area (Å²) in [5.74, 6) is 0. The van der Waals surface area contributed by atoms with Crippen LogP contribution in [0.3, 0.4) is 0 Å². The van der Waals surface area contributed by atoms with E-state index in [4.69, 9.17) is 4.74 Å². The Labute approximate surface area is 89.6 Å². The third-order valence-electron chi connectivity index (χ3n) is 2.46. The van der Waals surface area contributed by atoms with E-state index in [0.29, 0.717) is 11.5 Å². The smallest absolute Gasteiger partial charge is 0.0589 e. The quantitative estimate of drug-likeness (QED) is 0.655. The van der Waals surface area contributed by atoms with Gasteiger partial charge in [0.1, 0.15) is 0 Å². The molecule has 0 aromatic rings. The van der Waals surface area contributed by atoms with Crippen LogP contribution < -0.4 is 0 Å². The first-order valence-corrected chi connectivity index (χ1v) is 5.60. The normalized spacial score (nSPS) is 12.9. The Morgan fingerprint density at radius 2 is 1.71 bits per heavy atom. The molecule has 0 radical (unpaired) electrons. The maximum Gasteiger partial charge on any atom is 0.0589 e. The van der Waals surface area contributed by atoms with Crippen molar-refractivity contribution in [2.75, 3.05) is 26.8 Å². The van der Waals surface area contributed by atoms with Crippen molar-refractivity contribution in [1.29, 1.82) is 0 Å². The molecule has 0 unspecified atom stereocenters. The first kappa shape index (κ1) is 13.9. The van der Waals surface area contributed by atoms with Gasteiger partial charge in [-0.2, -0.15) is 0 Å². The van der Waals surface area contributed by atoms with Crippen LogP contribution >= 0.6 is 0 Å². The molecule has 0 saturated carbocycles. The van der Waals surface area contributed by atoms with E-state index in [-0.39, 0.29) is 0 Å². The molecule has 0 aliphatic carbocycles. The Kier molecular flexibility index (Phi) is 6.38. The molecule has 0 rings (SSSR count). The summed E-state index contributed by atoms with van der Waals surface area (Å²) in [6.07, 6.45) is 1.24. The number of nitrogens with zero attached hydrogens (tertiary/aromatic N) is 1. The maximum atomic E-state index is 5.11. The van der Waals surface area contributed by atoms with Gasteiger partial charge in [0.25, 0.3) is 0 Å². The van der Waals surface area contributed by atoms with E-state index in [1.165, 1.54) is 13.0 Å². The number of hydrogen-bond acceptors (Lipinski definition) is 2. The topological polar surface area (TPSA) is 12.5 Å². The van der Waals surface area contributed by atoms with Gasteiger partial charge in [0.15, 0.2) is 0 Å². The average Bonchev–Trinajstić information content (AvgIpc) is 2.01. The summed E-state index contributed by atoms with van der Waals surface area (Å²) in [6, 6.07) is 0.618. The molecule has 0 N–H and O–H groups in total. The zero-order chi connectivity index (χ0) is 11.2. The molecule has 86 valence electrons. The maximum absolute atomic E-state index is 5.11. The van der Waals surface area contributed by atoms with E-state index in [2.05, 4.69) is 39.5 Å². The highest BCUT2D eigenvalue weighted by Crippen LogP contribution is 2.19. The lowest BCUT2D eigenvalue weighted by Crippen LogP contribution is -2.36. The highest BCUT2D eigenvalue weighted by atomic mass is 16.5. The molecular formula is C12H27NO. The van der Waals surface area contributed by atoms with Crippen LogP contribution in [0, 0.1) is 5.41 Å². The molecule has 0 aliphatic rings. The summed E-state index contributed by atoms with van der Waals surface area (Å²) in [5, 5.41) is 0. The lowest BCUT2D eigenvalue weighted by Gasteiger charge is -2.29. The fourth-order valence-electron chi connectivity index (χ4n) is 1.32. The van der Waals surface area contributed by atoms with Gasteiger partial charge in [-0.05, 0) is 32.2 Å². The van der Waals surface area contributed by atoms with E-state index in [1.807, 2.05) is 0 Å². The van der Waals surface area contributed by atoms with Crippen molar-refractivity contribution < 1.29 is 4.74 Å². The molecule has 0 aromatic heterocycles. The lowest BCUT2D eigenvalue weighted by molar-refractivity contribution is 0.119. The molecule has 2 nitrogen and oxygen atoms in total. The average molecular weight is 201 g/mol. The molecule has 0 bridgehead atoms. The molecule has 2 heteroatoms. The van der Waals surface area contributed by atoms with E-state index in [1.54, 1.807) is 7.11 Å². The molecular weight excluding hydrogens is 174 g/mol. The van der Waals surface area contributed by atoms with Gasteiger partial charge in [0, 0.05) is 19.7 Å². The first-order chi connectivity index (χ1) is 6.37. The number of methoxy groups -OCH3 is 1. The van der Waals surface area contributed by atoms with Crippen LogP contribution in [0.4, 0.5) is 0 Å². The van der Waals surface area contributed by atoms with E-state index >= 15 is 0 Å². The van der Waals surface area contributed by atoms with Crippen LogP contribution in [-0.2, 0) is 4.74 Å². The van der Waals surface area contributed by atoms with Crippen molar-refractivity contribution in [2.24, 2.45) is 5.41 Å². The summed E-state index contributed by atoms with van der Waals surface area (Å²) in [7, 11) is 1.77. The Morgan fingerprint density at radius 1 is 1.14 bits per heavy atom. The van der Waals surface area contributed by atoms with Crippen LogP contribution in [0.15, 0.2) is 0 Å². The van der Waals surface area contributed by atoms with Crippen molar-refractivity contribution in [3.05, 3.63) is 0 Å². The largest absolute Gasteiger partial charge is 0.383 e. The highest BCUT2D eigenvalue weighted by molar-refractivity contribution is 4.68. The van der Waals surface area contributed by atoms with Gasteiger partial charge >= 0.3 is 0 Å². The molecule has 0 spiro atoms. The molecule has 0 atom stereocenters. The van der Waals surface area contributed by atoms with Crippen molar-refractivity contribution in [3.63, 3.8) is 0 Å². The van der Waals surface area contributed by atoms with Crippen molar-refractivity contribution in [2.45, 2.75) is 47.1 Å². The van der Waals surface area contributed by atoms with Crippen molar-refractivity contribution in [3.8, 4) is 0 Å². The second kappa shape index (κ2) is 6.41. The highest BCUT2D eigenvalue weighted by Gasteiger charge is 2.14. The number of ether oxygens (including phenoxy) is 1. The Morgan fingerprint density at radius 3 is 2.07 bits per heavy atom. The van der Waals surface area contributed by atoms with Gasteiger partial charge in [-0.25, -0.2) is 0 Å². The molecule has 0 amide bonds. The van der Waals surface area contributed by atoms with E-state index < -0.39 is 0 Å². The molecule has 0 heterocycles. The van der Waals surface area contributed by atoms with E-state index in [9.17, 15) is 0 Å². The number of rotatable bonds is 6. The molecule has 0 aromatic carbocycles. The summed E-state index contributed by atoms with van der Waals surface area (Å²) in [5.41, 5.74) is 0.431. The second-order valence-corrected chi connectivity index (χ2v) is 5.43. The van der Waals surface area contributed by atoms with Crippen molar-refractivity contribution >= 4 is 0 Å². The summed E-state index contributed by atoms with van der Waals surface area (Å²) < 4.78 is 5.11. The Bertz CT molecular complexity index is 138. The predicted molar refractivity (Wildman–Crippen MR) is 62.7 cm³/mol. The fraction of sp³-hybridized carbons (Fsp3) is 1.00. The second-order valence-electron chi connectivity index (χ2n) is 5.43. The Balaban J connectivity index is 3.85. The molecule has 0 fully saturated rings. The van der Waals surface area contributed by atoms with E-state index in [0.717, 1.165) is 13.2 Å². The zero-order valence-electron chi connectivity index (χ0n) is 10.8. The lowest BCUT2D eigenvalue weighted by atomic mass is 9.92. The third-order valence-corrected chi connectivity index (χ3v) is 2.46. The minimum absolute atomic E-state index is 0.431. The van der Waals surface area contributed by atoms with Crippen LogP contribution in [0.25, 0.3) is 0 Å².